The van der Waals surface area contributed by atoms with Crippen molar-refractivity contribution >= 4 is 23.9 Å². The van der Waals surface area contributed by atoms with Crippen molar-refractivity contribution in [1.82, 2.24) is 15.2 Å². The first-order valence-corrected chi connectivity index (χ1v) is 16.6. The zero-order chi connectivity index (χ0) is 36.7. The van der Waals surface area contributed by atoms with E-state index in [1.54, 1.807) is 85.0 Å². The van der Waals surface area contributed by atoms with Crippen LogP contribution in [0, 0.1) is 24.2 Å². The molecular formula is C37H53N3O9. The van der Waals surface area contributed by atoms with Crippen molar-refractivity contribution in [1.29, 1.82) is 0 Å². The smallest absolute Gasteiger partial charge is 0.339 e. The number of allylic oxidation sites excluding steroid dienone is 6. The minimum atomic E-state index is -1.86. The maximum absolute atomic E-state index is 12.9. The number of methoxy groups -OCH3 is 1. The van der Waals surface area contributed by atoms with Crippen molar-refractivity contribution in [2.45, 2.75) is 96.9 Å². The molecule has 1 aromatic heterocycles. The van der Waals surface area contributed by atoms with E-state index in [0.29, 0.717) is 23.6 Å². The molecule has 4 N–H and O–H groups in total. The Balaban J connectivity index is 1.49. The number of carbonyl (C=O) groups excluding carboxylic acids is 3. The second-order valence-corrected chi connectivity index (χ2v) is 13.6. The fourth-order valence-electron chi connectivity index (χ4n) is 6.74. The number of aryl methyl sites for hydroxylation is 1. The number of aliphatic hydroxyl groups is 3. The lowest BCUT2D eigenvalue weighted by Gasteiger charge is -2.55. The van der Waals surface area contributed by atoms with Crippen LogP contribution in [0.1, 0.15) is 66.0 Å². The van der Waals surface area contributed by atoms with Crippen LogP contribution in [0.5, 0.6) is 0 Å². The predicted octanol–water partition coefficient (Wildman–Crippen LogP) is 3.43. The molecule has 0 aromatic carbocycles. The number of likely N-dealkylation sites (N-methyl/N-ethyl adjacent to an activating group) is 1. The molecule has 8 atom stereocenters. The maximum Gasteiger partial charge on any atom is 0.339 e. The molecule has 2 aliphatic heterocycles. The zero-order valence-electron chi connectivity index (χ0n) is 30.0. The summed E-state index contributed by atoms with van der Waals surface area (Å²) in [6.45, 7) is 12.1. The number of aliphatic hydroxyl groups excluding tert-OH is 2. The number of hydrogen-bond acceptors (Lipinski definition) is 10. The maximum atomic E-state index is 12.9. The van der Waals surface area contributed by atoms with Crippen LogP contribution < -0.4 is 5.32 Å². The van der Waals surface area contributed by atoms with Crippen LogP contribution in [0.25, 0.3) is 6.08 Å². The number of ether oxygens (including phenoxy) is 2. The summed E-state index contributed by atoms with van der Waals surface area (Å²) in [5.74, 6) is -1.42. The van der Waals surface area contributed by atoms with Crippen molar-refractivity contribution in [3.63, 3.8) is 0 Å². The molecule has 8 unspecified atom stereocenters. The first-order valence-electron chi connectivity index (χ1n) is 16.6. The number of rotatable bonds is 16. The summed E-state index contributed by atoms with van der Waals surface area (Å²) in [5.41, 5.74) is -3.86. The van der Waals surface area contributed by atoms with E-state index in [1.807, 2.05) is 24.3 Å². The SMILES string of the molecule is COC(CC(C)C(O)C=CC=CCNC(=O)C(C)(C)C(O)C(C)=CC=CCC=Cc1cnc(C)o1)C1(O)C(C)C(=O)N(C)C12C(=O)OC2C. The van der Waals surface area contributed by atoms with Crippen LogP contribution in [0.15, 0.2) is 64.8 Å². The highest BCUT2D eigenvalue weighted by molar-refractivity contribution is 5.99. The van der Waals surface area contributed by atoms with Gasteiger partial charge in [-0.2, -0.15) is 0 Å². The Hall–Kier alpha value is -3.84. The average molecular weight is 684 g/mol. The van der Waals surface area contributed by atoms with E-state index in [0.717, 1.165) is 0 Å². The van der Waals surface area contributed by atoms with Gasteiger partial charge in [0.1, 0.15) is 17.5 Å². The predicted molar refractivity (Wildman–Crippen MR) is 185 cm³/mol. The first-order chi connectivity index (χ1) is 23.0. The molecule has 3 rings (SSSR count). The lowest BCUT2D eigenvalue weighted by Crippen LogP contribution is -2.80. The number of cyclic esters (lactones) is 1. The average Bonchev–Trinajstić information content (AvgIpc) is 3.55. The molecule has 3 heterocycles. The fraction of sp³-hybridized carbons (Fsp3) is 0.568. The number of carbonyl (C=O) groups is 3. The van der Waals surface area contributed by atoms with Gasteiger partial charge in [-0.3, -0.25) is 9.59 Å². The topological polar surface area (TPSA) is 172 Å². The van der Waals surface area contributed by atoms with Crippen molar-refractivity contribution in [2.75, 3.05) is 20.7 Å². The van der Waals surface area contributed by atoms with Crippen LogP contribution >= 0.6 is 0 Å². The number of oxazole rings is 1. The summed E-state index contributed by atoms with van der Waals surface area (Å²) in [5, 5.41) is 36.5. The van der Waals surface area contributed by atoms with Gasteiger partial charge in [0.05, 0.1) is 35.8 Å². The van der Waals surface area contributed by atoms with Gasteiger partial charge in [0.25, 0.3) is 0 Å². The molecule has 270 valence electrons. The van der Waals surface area contributed by atoms with Crippen LogP contribution in [-0.2, 0) is 23.9 Å². The third-order valence-corrected chi connectivity index (χ3v) is 9.95. The number of amides is 2. The Labute approximate surface area is 289 Å². The van der Waals surface area contributed by atoms with E-state index in [9.17, 15) is 29.7 Å². The molecule has 2 fully saturated rings. The third kappa shape index (κ3) is 7.82. The van der Waals surface area contributed by atoms with E-state index < -0.39 is 58.8 Å². The summed E-state index contributed by atoms with van der Waals surface area (Å²) in [6.07, 6.45) is 14.8. The van der Waals surface area contributed by atoms with Crippen molar-refractivity contribution in [2.24, 2.45) is 17.3 Å². The molecule has 1 aromatic rings. The Morgan fingerprint density at radius 3 is 2.47 bits per heavy atom. The quantitative estimate of drug-likeness (QED) is 0.150. The van der Waals surface area contributed by atoms with Crippen LogP contribution in [0.3, 0.4) is 0 Å². The molecule has 49 heavy (non-hydrogen) atoms. The normalized spacial score (nSPS) is 27.4. The van der Waals surface area contributed by atoms with E-state index in [-0.39, 0.29) is 24.8 Å². The summed E-state index contributed by atoms with van der Waals surface area (Å²) in [6, 6.07) is 0. The highest BCUT2D eigenvalue weighted by Gasteiger charge is 2.80. The Morgan fingerprint density at radius 2 is 1.88 bits per heavy atom. The van der Waals surface area contributed by atoms with E-state index in [1.165, 1.54) is 19.1 Å². The summed E-state index contributed by atoms with van der Waals surface area (Å²) in [4.78, 5) is 43.9. The largest absolute Gasteiger partial charge is 0.457 e. The molecule has 0 bridgehead atoms. The first kappa shape index (κ1) is 39.6. The van der Waals surface area contributed by atoms with Gasteiger partial charge < -0.3 is 39.4 Å². The van der Waals surface area contributed by atoms with Crippen molar-refractivity contribution < 1.29 is 43.6 Å². The van der Waals surface area contributed by atoms with E-state index in [4.69, 9.17) is 13.9 Å². The Kier molecular flexibility index (Phi) is 13.1. The third-order valence-electron chi connectivity index (χ3n) is 9.95. The summed E-state index contributed by atoms with van der Waals surface area (Å²) >= 11 is 0. The second-order valence-electron chi connectivity index (χ2n) is 13.6. The molecule has 0 radical (unpaired) electrons. The van der Waals surface area contributed by atoms with Gasteiger partial charge in [-0.25, -0.2) is 9.78 Å². The van der Waals surface area contributed by atoms with Crippen molar-refractivity contribution in [3.05, 3.63) is 72.0 Å². The van der Waals surface area contributed by atoms with Crippen LogP contribution in [0.4, 0.5) is 0 Å². The van der Waals surface area contributed by atoms with E-state index in [2.05, 4.69) is 10.3 Å². The van der Waals surface area contributed by atoms with Crippen LogP contribution in [0.2, 0.25) is 0 Å². The monoisotopic (exact) mass is 683 g/mol. The number of nitrogens with zero attached hydrogens (tertiary/aromatic N) is 2. The van der Waals surface area contributed by atoms with Gasteiger partial charge in [0, 0.05) is 27.6 Å². The number of nitrogens with one attached hydrogen (secondary N) is 1. The minimum absolute atomic E-state index is 0.160. The zero-order valence-corrected chi connectivity index (χ0v) is 30.0. The highest BCUT2D eigenvalue weighted by atomic mass is 16.6. The van der Waals surface area contributed by atoms with Gasteiger partial charge in [-0.05, 0) is 58.1 Å². The van der Waals surface area contributed by atoms with Gasteiger partial charge >= 0.3 is 5.97 Å². The van der Waals surface area contributed by atoms with Crippen LogP contribution in [-0.4, -0.2) is 99.2 Å². The number of hydrogen-bond donors (Lipinski definition) is 4. The van der Waals surface area contributed by atoms with Gasteiger partial charge in [-0.15, -0.1) is 0 Å². The molecule has 0 saturated carbocycles. The molecule has 2 aliphatic rings. The Bertz CT molecular complexity index is 1490. The van der Waals surface area contributed by atoms with E-state index >= 15 is 0 Å². The Morgan fingerprint density at radius 1 is 1.18 bits per heavy atom. The molecule has 12 nitrogen and oxygen atoms in total. The second kappa shape index (κ2) is 16.2. The lowest BCUT2D eigenvalue weighted by molar-refractivity contribution is -0.255. The summed E-state index contributed by atoms with van der Waals surface area (Å²) < 4.78 is 16.3. The highest BCUT2D eigenvalue weighted by Crippen LogP contribution is 2.54. The number of likely N-dealkylation sites (tertiary alicyclic amines) is 1. The number of aromatic nitrogens is 1. The number of esters is 1. The fourth-order valence-corrected chi connectivity index (χ4v) is 6.74. The van der Waals surface area contributed by atoms with Gasteiger partial charge in [0.15, 0.2) is 5.89 Å². The standard InChI is InChI=1S/C37H53N3O9/c1-23(17-13-10-11-14-18-28-22-39-27(5)49-28)31(42)35(6,7)33(44)38-20-16-12-15-19-29(41)24(2)21-30(47-9)37(46)25(3)32(43)40(8)36(37)26(4)48-34(36)45/h10,12-19,22,24-26,29-31,41-42,46H,11,20-21H2,1-9H3,(H,38,44). The van der Waals surface area contributed by atoms with Crippen molar-refractivity contribution in [3.8, 4) is 0 Å². The lowest BCUT2D eigenvalue weighted by atomic mass is 9.65. The molecular weight excluding hydrogens is 630 g/mol. The molecule has 0 aliphatic carbocycles. The molecule has 12 heteroatoms. The minimum Gasteiger partial charge on any atom is -0.457 e. The van der Waals surface area contributed by atoms with Gasteiger partial charge in [-0.1, -0.05) is 62.5 Å². The molecule has 2 amide bonds. The molecule has 1 spiro atoms. The molecule has 2 saturated heterocycles. The summed E-state index contributed by atoms with van der Waals surface area (Å²) in [7, 11) is 2.89. The van der Waals surface area contributed by atoms with Gasteiger partial charge in [0.2, 0.25) is 17.4 Å².